The number of aromatic nitrogens is 1. The van der Waals surface area contributed by atoms with Crippen LogP contribution in [0.3, 0.4) is 0 Å². The number of hydrogen-bond donors (Lipinski definition) is 0. The predicted molar refractivity (Wildman–Crippen MR) is 106 cm³/mol. The number of rotatable bonds is 4. The Morgan fingerprint density at radius 2 is 1.73 bits per heavy atom. The minimum Gasteiger partial charge on any atom is -0.236 e. The van der Waals surface area contributed by atoms with Crippen LogP contribution in [-0.4, -0.2) is 30.8 Å². The fourth-order valence-electron chi connectivity index (χ4n) is 3.02. The number of sulfonamides is 1. The van der Waals surface area contributed by atoms with Gasteiger partial charge in [-0.3, -0.25) is 0 Å². The van der Waals surface area contributed by atoms with Gasteiger partial charge in [-0.1, -0.05) is 35.9 Å². The fraction of sp³-hybridized carbons (Fsp3) is 0.211. The van der Waals surface area contributed by atoms with Crippen molar-refractivity contribution in [2.75, 3.05) is 13.1 Å². The molecule has 7 heteroatoms. The van der Waals surface area contributed by atoms with Crippen molar-refractivity contribution in [2.45, 2.75) is 17.7 Å². The summed E-state index contributed by atoms with van der Waals surface area (Å²) in [5.74, 6) is 0. The Bertz CT molecular complexity index is 1020. The van der Waals surface area contributed by atoms with Gasteiger partial charge in [-0.25, -0.2) is 13.4 Å². The summed E-state index contributed by atoms with van der Waals surface area (Å²) in [6, 6.07) is 14.6. The highest BCUT2D eigenvalue weighted by Gasteiger charge is 2.27. The average molecular weight is 405 g/mol. The molecular formula is C19H17ClN2O2S2. The lowest BCUT2D eigenvalue weighted by Crippen LogP contribution is -2.27. The van der Waals surface area contributed by atoms with E-state index >= 15 is 0 Å². The SMILES string of the molecule is O=S(=O)(c1cccc(-c2csc(-c3ccc(Cl)cc3)n2)c1)N1CCCC1. The first-order valence-corrected chi connectivity index (χ1v) is 11.1. The summed E-state index contributed by atoms with van der Waals surface area (Å²) in [7, 11) is -3.43. The lowest BCUT2D eigenvalue weighted by Gasteiger charge is -2.15. The lowest BCUT2D eigenvalue weighted by molar-refractivity contribution is 0.477. The van der Waals surface area contributed by atoms with Crippen molar-refractivity contribution >= 4 is 33.0 Å². The van der Waals surface area contributed by atoms with Gasteiger partial charge < -0.3 is 0 Å². The normalized spacial score (nSPS) is 15.4. The number of hydrogen-bond acceptors (Lipinski definition) is 4. The van der Waals surface area contributed by atoms with Crippen molar-refractivity contribution in [2.24, 2.45) is 0 Å². The Kier molecular flexibility index (Phi) is 4.84. The van der Waals surface area contributed by atoms with Crippen LogP contribution in [0.1, 0.15) is 12.8 Å². The van der Waals surface area contributed by atoms with Crippen LogP contribution in [0.2, 0.25) is 5.02 Å². The van der Waals surface area contributed by atoms with E-state index in [1.54, 1.807) is 22.5 Å². The van der Waals surface area contributed by atoms with E-state index in [2.05, 4.69) is 4.98 Å². The van der Waals surface area contributed by atoms with Crippen molar-refractivity contribution in [1.29, 1.82) is 0 Å². The smallest absolute Gasteiger partial charge is 0.236 e. The average Bonchev–Trinajstić information content (AvgIpc) is 3.35. The van der Waals surface area contributed by atoms with E-state index in [1.807, 2.05) is 35.7 Å². The zero-order valence-corrected chi connectivity index (χ0v) is 16.3. The molecule has 0 saturated carbocycles. The number of benzene rings is 2. The molecule has 0 spiro atoms. The molecule has 2 heterocycles. The molecule has 0 aliphatic carbocycles. The first-order chi connectivity index (χ1) is 12.5. The van der Waals surface area contributed by atoms with Crippen molar-refractivity contribution in [3.05, 3.63) is 58.9 Å². The first kappa shape index (κ1) is 17.7. The van der Waals surface area contributed by atoms with Crippen LogP contribution < -0.4 is 0 Å². The van der Waals surface area contributed by atoms with E-state index < -0.39 is 10.0 Å². The Morgan fingerprint density at radius 3 is 2.46 bits per heavy atom. The molecule has 3 aromatic rings. The van der Waals surface area contributed by atoms with Gasteiger partial charge in [0, 0.05) is 34.6 Å². The summed E-state index contributed by atoms with van der Waals surface area (Å²) >= 11 is 7.46. The molecule has 0 amide bonds. The third-order valence-electron chi connectivity index (χ3n) is 4.43. The highest BCUT2D eigenvalue weighted by atomic mass is 35.5. The highest BCUT2D eigenvalue weighted by molar-refractivity contribution is 7.89. The predicted octanol–water partition coefficient (Wildman–Crippen LogP) is 4.92. The van der Waals surface area contributed by atoms with Crippen LogP contribution in [-0.2, 0) is 10.0 Å². The maximum atomic E-state index is 12.8. The minimum absolute atomic E-state index is 0.331. The monoisotopic (exact) mass is 404 g/mol. The molecule has 0 bridgehead atoms. The van der Waals surface area contributed by atoms with Gasteiger partial charge in [0.2, 0.25) is 10.0 Å². The zero-order valence-electron chi connectivity index (χ0n) is 13.9. The van der Waals surface area contributed by atoms with Gasteiger partial charge in [0.05, 0.1) is 10.6 Å². The summed E-state index contributed by atoms with van der Waals surface area (Å²) in [5.41, 5.74) is 2.58. The summed E-state index contributed by atoms with van der Waals surface area (Å²) in [6.45, 7) is 1.20. The molecule has 1 aliphatic heterocycles. The Morgan fingerprint density at radius 1 is 1.00 bits per heavy atom. The second kappa shape index (κ2) is 7.12. The molecule has 1 fully saturated rings. The molecular weight excluding hydrogens is 388 g/mol. The van der Waals surface area contributed by atoms with Gasteiger partial charge in [-0.2, -0.15) is 4.31 Å². The molecule has 0 N–H and O–H groups in total. The number of halogens is 1. The van der Waals surface area contributed by atoms with Crippen molar-refractivity contribution < 1.29 is 8.42 Å². The molecule has 0 unspecified atom stereocenters. The van der Waals surface area contributed by atoms with Gasteiger partial charge in [0.25, 0.3) is 0 Å². The minimum atomic E-state index is -3.43. The molecule has 4 nitrogen and oxygen atoms in total. The fourth-order valence-corrected chi connectivity index (χ4v) is 5.55. The van der Waals surface area contributed by atoms with Crippen LogP contribution in [0.25, 0.3) is 21.8 Å². The van der Waals surface area contributed by atoms with Crippen LogP contribution in [0.15, 0.2) is 58.8 Å². The first-order valence-electron chi connectivity index (χ1n) is 8.36. The topological polar surface area (TPSA) is 50.3 Å². The molecule has 1 aromatic heterocycles. The van der Waals surface area contributed by atoms with Gasteiger partial charge in [-0.05, 0) is 37.1 Å². The van der Waals surface area contributed by atoms with Crippen LogP contribution in [0, 0.1) is 0 Å². The largest absolute Gasteiger partial charge is 0.243 e. The summed E-state index contributed by atoms with van der Waals surface area (Å²) in [4.78, 5) is 5.00. The second-order valence-corrected chi connectivity index (χ2v) is 9.42. The third-order valence-corrected chi connectivity index (χ3v) is 7.47. The third kappa shape index (κ3) is 3.42. The summed E-state index contributed by atoms with van der Waals surface area (Å²) < 4.78 is 27.1. The molecule has 1 aliphatic rings. The van der Waals surface area contributed by atoms with Crippen LogP contribution in [0.5, 0.6) is 0 Å². The van der Waals surface area contributed by atoms with Crippen LogP contribution in [0.4, 0.5) is 0 Å². The van der Waals surface area contributed by atoms with E-state index in [9.17, 15) is 8.42 Å². The number of nitrogens with zero attached hydrogens (tertiary/aromatic N) is 2. The molecule has 134 valence electrons. The summed E-state index contributed by atoms with van der Waals surface area (Å²) in [5, 5.41) is 3.51. The van der Waals surface area contributed by atoms with Crippen LogP contribution >= 0.6 is 22.9 Å². The number of thiazole rings is 1. The van der Waals surface area contributed by atoms with E-state index in [0.29, 0.717) is 23.0 Å². The Balaban J connectivity index is 1.66. The van der Waals surface area contributed by atoms with E-state index in [-0.39, 0.29) is 0 Å². The molecule has 2 aromatic carbocycles. The molecule has 0 atom stereocenters. The van der Waals surface area contributed by atoms with Gasteiger partial charge in [0.15, 0.2) is 0 Å². The van der Waals surface area contributed by atoms with Gasteiger partial charge in [-0.15, -0.1) is 11.3 Å². The quantitative estimate of drug-likeness (QED) is 0.620. The van der Waals surface area contributed by atoms with E-state index in [4.69, 9.17) is 11.6 Å². The molecule has 0 radical (unpaired) electrons. The highest BCUT2D eigenvalue weighted by Crippen LogP contribution is 2.31. The Labute approximate surface area is 162 Å². The Hall–Kier alpha value is -1.73. The standard InChI is InChI=1S/C19H17ClN2O2S2/c20-16-8-6-14(7-9-16)19-21-18(13-25-19)15-4-3-5-17(12-15)26(23,24)22-10-1-2-11-22/h3-9,12-13H,1-2,10-11H2. The van der Waals surface area contributed by atoms with Crippen molar-refractivity contribution in [1.82, 2.24) is 9.29 Å². The second-order valence-electron chi connectivity index (χ2n) is 6.18. The van der Waals surface area contributed by atoms with Gasteiger partial charge in [0.1, 0.15) is 5.01 Å². The molecule has 26 heavy (non-hydrogen) atoms. The van der Waals surface area contributed by atoms with E-state index in [0.717, 1.165) is 34.7 Å². The van der Waals surface area contributed by atoms with Crippen molar-refractivity contribution in [3.8, 4) is 21.8 Å². The van der Waals surface area contributed by atoms with Crippen molar-refractivity contribution in [3.63, 3.8) is 0 Å². The zero-order chi connectivity index (χ0) is 18.1. The van der Waals surface area contributed by atoms with E-state index in [1.165, 1.54) is 11.3 Å². The van der Waals surface area contributed by atoms with Gasteiger partial charge >= 0.3 is 0 Å². The summed E-state index contributed by atoms with van der Waals surface area (Å²) in [6.07, 6.45) is 1.85. The maximum Gasteiger partial charge on any atom is 0.243 e. The maximum absolute atomic E-state index is 12.8. The molecule has 4 rings (SSSR count). The molecule has 1 saturated heterocycles. The lowest BCUT2D eigenvalue weighted by atomic mass is 10.2.